The van der Waals surface area contributed by atoms with Gasteiger partial charge in [0.2, 0.25) is 0 Å². The second-order valence-corrected chi connectivity index (χ2v) is 6.47. The van der Waals surface area contributed by atoms with Gasteiger partial charge in [0.15, 0.2) is 0 Å². The average Bonchev–Trinajstić information content (AvgIpc) is 2.39. The molecule has 0 saturated carbocycles. The molecular formula is C16H24BrNO. The van der Waals surface area contributed by atoms with Crippen LogP contribution in [0, 0.1) is 12.3 Å². The van der Waals surface area contributed by atoms with E-state index in [2.05, 4.69) is 59.1 Å². The van der Waals surface area contributed by atoms with Crippen molar-refractivity contribution in [3.05, 3.63) is 35.4 Å². The molecule has 1 aliphatic rings. The van der Waals surface area contributed by atoms with Crippen molar-refractivity contribution in [3.8, 4) is 0 Å². The average molecular weight is 326 g/mol. The molecule has 0 radical (unpaired) electrons. The van der Waals surface area contributed by atoms with Crippen molar-refractivity contribution >= 4 is 15.9 Å². The zero-order chi connectivity index (χ0) is 13.7. The maximum absolute atomic E-state index is 5.50. The first-order valence-electron chi connectivity index (χ1n) is 7.01. The lowest BCUT2D eigenvalue weighted by molar-refractivity contribution is 0.0110. The molecule has 0 spiro atoms. The van der Waals surface area contributed by atoms with Gasteiger partial charge in [0.05, 0.1) is 0 Å². The predicted octanol–water partition coefficient (Wildman–Crippen LogP) is 3.62. The van der Waals surface area contributed by atoms with Gasteiger partial charge in [0, 0.05) is 31.6 Å². The van der Waals surface area contributed by atoms with Gasteiger partial charge in [-0.2, -0.15) is 0 Å². The Kier molecular flexibility index (Phi) is 5.43. The second-order valence-electron chi connectivity index (χ2n) is 5.91. The fraction of sp³-hybridized carbons (Fsp3) is 0.625. The number of aryl methyl sites for hydroxylation is 1. The molecule has 0 N–H and O–H groups in total. The van der Waals surface area contributed by atoms with Crippen LogP contribution in [0.5, 0.6) is 0 Å². The van der Waals surface area contributed by atoms with Crippen molar-refractivity contribution in [3.63, 3.8) is 0 Å². The Morgan fingerprint density at radius 2 is 2.05 bits per heavy atom. The highest BCUT2D eigenvalue weighted by Crippen LogP contribution is 2.33. The Hall–Kier alpha value is -0.380. The molecule has 2 rings (SSSR count). The van der Waals surface area contributed by atoms with E-state index in [1.165, 1.54) is 11.1 Å². The van der Waals surface area contributed by atoms with E-state index in [0.29, 0.717) is 5.41 Å². The van der Waals surface area contributed by atoms with E-state index in [1.807, 2.05) is 0 Å². The van der Waals surface area contributed by atoms with Crippen LogP contribution in [0.15, 0.2) is 24.3 Å². The SMILES string of the molecule is Cc1cccc(CN(C)CC2(CBr)CCOCC2)c1. The summed E-state index contributed by atoms with van der Waals surface area (Å²) in [6.07, 6.45) is 2.33. The monoisotopic (exact) mass is 325 g/mol. The molecule has 1 saturated heterocycles. The quantitative estimate of drug-likeness (QED) is 0.767. The normalized spacial score (nSPS) is 18.7. The van der Waals surface area contributed by atoms with E-state index in [9.17, 15) is 0 Å². The lowest BCUT2D eigenvalue weighted by atomic mass is 9.82. The molecule has 1 heterocycles. The zero-order valence-corrected chi connectivity index (χ0v) is 13.6. The molecule has 0 aliphatic carbocycles. The Bertz CT molecular complexity index is 401. The highest BCUT2D eigenvalue weighted by molar-refractivity contribution is 9.09. The predicted molar refractivity (Wildman–Crippen MR) is 83.8 cm³/mol. The van der Waals surface area contributed by atoms with E-state index in [0.717, 1.165) is 44.5 Å². The summed E-state index contributed by atoms with van der Waals surface area (Å²) in [5, 5.41) is 1.07. The summed E-state index contributed by atoms with van der Waals surface area (Å²) in [4.78, 5) is 2.45. The van der Waals surface area contributed by atoms with E-state index in [1.54, 1.807) is 0 Å². The standard InChI is InChI=1S/C16H24BrNO/c1-14-4-3-5-15(10-14)11-18(2)13-16(12-17)6-8-19-9-7-16/h3-5,10H,6-9,11-13H2,1-2H3. The fourth-order valence-corrected chi connectivity index (χ4v) is 3.63. The lowest BCUT2D eigenvalue weighted by Crippen LogP contribution is -2.41. The molecular weight excluding hydrogens is 302 g/mol. The first kappa shape index (κ1) is 15.0. The van der Waals surface area contributed by atoms with Crippen LogP contribution in [-0.2, 0) is 11.3 Å². The third kappa shape index (κ3) is 4.30. The third-order valence-corrected chi connectivity index (χ3v) is 5.17. The van der Waals surface area contributed by atoms with E-state index >= 15 is 0 Å². The molecule has 1 aromatic carbocycles. The summed E-state index contributed by atoms with van der Waals surface area (Å²) in [5.74, 6) is 0. The van der Waals surface area contributed by atoms with Crippen molar-refractivity contribution in [1.82, 2.24) is 4.90 Å². The molecule has 1 aliphatic heterocycles. The number of halogens is 1. The minimum absolute atomic E-state index is 0.386. The van der Waals surface area contributed by atoms with Crippen LogP contribution in [0.3, 0.4) is 0 Å². The molecule has 0 bridgehead atoms. The molecule has 1 aromatic rings. The minimum Gasteiger partial charge on any atom is -0.381 e. The molecule has 3 heteroatoms. The summed E-state index contributed by atoms with van der Waals surface area (Å²) >= 11 is 3.71. The molecule has 0 amide bonds. The minimum atomic E-state index is 0.386. The van der Waals surface area contributed by atoms with E-state index in [-0.39, 0.29) is 0 Å². The molecule has 1 fully saturated rings. The number of ether oxygens (including phenoxy) is 1. The Balaban J connectivity index is 1.94. The van der Waals surface area contributed by atoms with Gasteiger partial charge in [-0.05, 0) is 37.8 Å². The maximum Gasteiger partial charge on any atom is 0.0472 e. The van der Waals surface area contributed by atoms with Crippen LogP contribution in [0.4, 0.5) is 0 Å². The maximum atomic E-state index is 5.50. The van der Waals surface area contributed by atoms with Crippen LogP contribution in [0.25, 0.3) is 0 Å². The van der Waals surface area contributed by atoms with Gasteiger partial charge >= 0.3 is 0 Å². The van der Waals surface area contributed by atoms with Crippen LogP contribution in [0.1, 0.15) is 24.0 Å². The Labute approximate surface area is 125 Å². The van der Waals surface area contributed by atoms with Gasteiger partial charge in [-0.15, -0.1) is 0 Å². The van der Waals surface area contributed by atoms with Crippen molar-refractivity contribution < 1.29 is 4.74 Å². The highest BCUT2D eigenvalue weighted by Gasteiger charge is 2.32. The number of rotatable bonds is 5. The van der Waals surface area contributed by atoms with Crippen molar-refractivity contribution in [1.29, 1.82) is 0 Å². The molecule has 0 unspecified atom stereocenters. The van der Waals surface area contributed by atoms with Crippen molar-refractivity contribution in [2.45, 2.75) is 26.3 Å². The van der Waals surface area contributed by atoms with Gasteiger partial charge in [0.1, 0.15) is 0 Å². The first-order chi connectivity index (χ1) is 9.13. The van der Waals surface area contributed by atoms with Crippen molar-refractivity contribution in [2.75, 3.05) is 32.1 Å². The lowest BCUT2D eigenvalue weighted by Gasteiger charge is -2.38. The van der Waals surface area contributed by atoms with Crippen molar-refractivity contribution in [2.24, 2.45) is 5.41 Å². The molecule has 19 heavy (non-hydrogen) atoms. The Morgan fingerprint density at radius 3 is 2.68 bits per heavy atom. The third-order valence-electron chi connectivity index (χ3n) is 3.98. The molecule has 0 aromatic heterocycles. The second kappa shape index (κ2) is 6.87. The highest BCUT2D eigenvalue weighted by atomic mass is 79.9. The molecule has 2 nitrogen and oxygen atoms in total. The van der Waals surface area contributed by atoms with Gasteiger partial charge in [-0.25, -0.2) is 0 Å². The van der Waals surface area contributed by atoms with Gasteiger partial charge in [-0.3, -0.25) is 0 Å². The Morgan fingerprint density at radius 1 is 1.32 bits per heavy atom. The first-order valence-corrected chi connectivity index (χ1v) is 8.13. The topological polar surface area (TPSA) is 12.5 Å². The number of hydrogen-bond acceptors (Lipinski definition) is 2. The zero-order valence-electron chi connectivity index (χ0n) is 12.0. The molecule has 0 atom stereocenters. The summed E-state index contributed by atoms with van der Waals surface area (Å²) in [7, 11) is 2.22. The smallest absolute Gasteiger partial charge is 0.0472 e. The summed E-state index contributed by atoms with van der Waals surface area (Å²) in [6.45, 7) is 6.13. The number of hydrogen-bond donors (Lipinski definition) is 0. The molecule has 106 valence electrons. The van der Waals surface area contributed by atoms with E-state index in [4.69, 9.17) is 4.74 Å². The van der Waals surface area contributed by atoms with Gasteiger partial charge in [0.25, 0.3) is 0 Å². The summed E-state index contributed by atoms with van der Waals surface area (Å²) in [5.41, 5.74) is 3.13. The van der Waals surface area contributed by atoms with Crippen LogP contribution in [0.2, 0.25) is 0 Å². The summed E-state index contributed by atoms with van der Waals surface area (Å²) in [6, 6.07) is 8.80. The summed E-state index contributed by atoms with van der Waals surface area (Å²) < 4.78 is 5.50. The van der Waals surface area contributed by atoms with Crippen LogP contribution >= 0.6 is 15.9 Å². The number of alkyl halides is 1. The number of nitrogens with zero attached hydrogens (tertiary/aromatic N) is 1. The van der Waals surface area contributed by atoms with E-state index < -0.39 is 0 Å². The largest absolute Gasteiger partial charge is 0.381 e. The number of benzene rings is 1. The van der Waals surface area contributed by atoms with Crippen LogP contribution < -0.4 is 0 Å². The fourth-order valence-electron chi connectivity index (χ4n) is 2.89. The van der Waals surface area contributed by atoms with Crippen LogP contribution in [-0.4, -0.2) is 37.0 Å². The van der Waals surface area contributed by atoms with Gasteiger partial charge < -0.3 is 9.64 Å². The van der Waals surface area contributed by atoms with Gasteiger partial charge in [-0.1, -0.05) is 45.8 Å².